The van der Waals surface area contributed by atoms with Gasteiger partial charge < -0.3 is 9.80 Å². The lowest BCUT2D eigenvalue weighted by Gasteiger charge is -2.30. The van der Waals surface area contributed by atoms with Crippen molar-refractivity contribution in [3.05, 3.63) is 47.8 Å². The fourth-order valence-electron chi connectivity index (χ4n) is 2.60. The average molecular weight is 362 g/mol. The van der Waals surface area contributed by atoms with Crippen LogP contribution in [-0.2, 0) is 11.0 Å². The summed E-state index contributed by atoms with van der Waals surface area (Å²) >= 11 is 0. The van der Waals surface area contributed by atoms with Crippen molar-refractivity contribution in [2.75, 3.05) is 33.2 Å². The molecule has 8 heteroatoms. The molecule has 0 radical (unpaired) electrons. The van der Waals surface area contributed by atoms with Crippen LogP contribution in [0.15, 0.2) is 36.5 Å². The van der Waals surface area contributed by atoms with E-state index in [1.54, 1.807) is 35.2 Å². The first kappa shape index (κ1) is 18.0. The Morgan fingerprint density at radius 1 is 1.12 bits per heavy atom. The molecule has 1 aromatic carbocycles. The highest BCUT2D eigenvalue weighted by atomic mass is 19.4. The first-order chi connectivity index (χ1) is 12.3. The normalized spacial score (nSPS) is 15.5. The van der Waals surface area contributed by atoms with Crippen molar-refractivity contribution in [2.24, 2.45) is 0 Å². The molecule has 0 atom stereocenters. The van der Waals surface area contributed by atoms with Gasteiger partial charge in [-0.2, -0.15) is 18.3 Å². The van der Waals surface area contributed by atoms with E-state index < -0.39 is 17.8 Å². The summed E-state index contributed by atoms with van der Waals surface area (Å²) in [5.41, 5.74) is -0.930. The number of hydrogen-bond acceptors (Lipinski definition) is 3. The van der Waals surface area contributed by atoms with Crippen molar-refractivity contribution in [1.29, 1.82) is 0 Å². The predicted molar refractivity (Wildman–Crippen MR) is 89.5 cm³/mol. The zero-order chi connectivity index (χ0) is 18.7. The van der Waals surface area contributed by atoms with Gasteiger partial charge in [-0.1, -0.05) is 24.1 Å². The van der Waals surface area contributed by atoms with E-state index in [1.807, 2.05) is 7.05 Å². The quantitative estimate of drug-likeness (QED) is 0.729. The van der Waals surface area contributed by atoms with Crippen molar-refractivity contribution in [2.45, 2.75) is 6.18 Å². The molecule has 1 fully saturated rings. The number of carbonyl (C=O) groups is 1. The van der Waals surface area contributed by atoms with Gasteiger partial charge in [-0.15, -0.1) is 0 Å². The van der Waals surface area contributed by atoms with Gasteiger partial charge >= 0.3 is 6.18 Å². The summed E-state index contributed by atoms with van der Waals surface area (Å²) in [7, 11) is 1.95. The topological polar surface area (TPSA) is 41.4 Å². The SMILES string of the molecule is CN1CCN(C(=O)C#Cc2cn(-c3ccccc3)nc2C(F)(F)F)CC1. The maximum Gasteiger partial charge on any atom is 0.436 e. The third kappa shape index (κ3) is 4.06. The van der Waals surface area contributed by atoms with E-state index in [0.29, 0.717) is 31.9 Å². The summed E-state index contributed by atoms with van der Waals surface area (Å²) < 4.78 is 40.9. The number of hydrogen-bond donors (Lipinski definition) is 0. The summed E-state index contributed by atoms with van der Waals surface area (Å²) in [5.74, 6) is 4.21. The van der Waals surface area contributed by atoms with Gasteiger partial charge in [0.15, 0.2) is 5.69 Å². The summed E-state index contributed by atoms with van der Waals surface area (Å²) in [6, 6.07) is 8.44. The van der Waals surface area contributed by atoms with Gasteiger partial charge in [0.2, 0.25) is 0 Å². The van der Waals surface area contributed by atoms with Gasteiger partial charge in [-0.25, -0.2) is 4.68 Å². The van der Waals surface area contributed by atoms with Gasteiger partial charge in [0.25, 0.3) is 5.91 Å². The Hall–Kier alpha value is -2.79. The standard InChI is InChI=1S/C18H17F3N4O/c1-23-9-11-24(12-10-23)16(26)8-7-14-13-25(15-5-3-2-4-6-15)22-17(14)18(19,20)21/h2-6,13H,9-12H2,1H3. The summed E-state index contributed by atoms with van der Waals surface area (Å²) in [5, 5.41) is 3.61. The molecule has 0 unspecified atom stereocenters. The molecule has 2 aromatic rings. The van der Waals surface area contributed by atoms with Crippen LogP contribution in [0.25, 0.3) is 5.69 Å². The molecule has 1 aromatic heterocycles. The third-order valence-electron chi connectivity index (χ3n) is 4.10. The minimum absolute atomic E-state index is 0.316. The van der Waals surface area contributed by atoms with Gasteiger partial charge in [0, 0.05) is 38.3 Å². The molecule has 3 rings (SSSR count). The van der Waals surface area contributed by atoms with E-state index in [9.17, 15) is 18.0 Å². The highest BCUT2D eigenvalue weighted by Crippen LogP contribution is 2.31. The molecule has 0 aliphatic carbocycles. The highest BCUT2D eigenvalue weighted by Gasteiger charge is 2.37. The van der Waals surface area contributed by atoms with Crippen molar-refractivity contribution < 1.29 is 18.0 Å². The molecule has 0 bridgehead atoms. The molecule has 1 saturated heterocycles. The van der Waals surface area contributed by atoms with Crippen molar-refractivity contribution in [1.82, 2.24) is 19.6 Å². The van der Waals surface area contributed by atoms with Crippen LogP contribution in [0.4, 0.5) is 13.2 Å². The lowest BCUT2D eigenvalue weighted by Crippen LogP contribution is -2.46. The van der Waals surface area contributed by atoms with Crippen molar-refractivity contribution >= 4 is 5.91 Å². The maximum absolute atomic E-state index is 13.3. The van der Waals surface area contributed by atoms with E-state index >= 15 is 0 Å². The van der Waals surface area contributed by atoms with E-state index in [0.717, 1.165) is 4.68 Å². The predicted octanol–water partition coefficient (Wildman–Crippen LogP) is 2.02. The van der Waals surface area contributed by atoms with Crippen LogP contribution in [0.5, 0.6) is 0 Å². The zero-order valence-corrected chi connectivity index (χ0v) is 14.1. The minimum Gasteiger partial charge on any atom is -0.329 e. The number of rotatable bonds is 1. The molecule has 1 amide bonds. The Balaban J connectivity index is 1.88. The Morgan fingerprint density at radius 3 is 2.38 bits per heavy atom. The summed E-state index contributed by atoms with van der Waals surface area (Å²) in [6.07, 6.45) is -3.46. The second-order valence-corrected chi connectivity index (χ2v) is 6.01. The lowest BCUT2D eigenvalue weighted by molar-refractivity contribution is -0.141. The number of para-hydroxylation sites is 1. The van der Waals surface area contributed by atoms with E-state index in [-0.39, 0.29) is 5.56 Å². The maximum atomic E-state index is 13.3. The second kappa shape index (κ2) is 7.22. The van der Waals surface area contributed by atoms with Crippen LogP contribution in [-0.4, -0.2) is 58.7 Å². The van der Waals surface area contributed by atoms with Crippen LogP contribution in [0.3, 0.4) is 0 Å². The van der Waals surface area contributed by atoms with Crippen molar-refractivity contribution in [3.63, 3.8) is 0 Å². The van der Waals surface area contributed by atoms with E-state index in [1.165, 1.54) is 6.20 Å². The fourth-order valence-corrected chi connectivity index (χ4v) is 2.60. The highest BCUT2D eigenvalue weighted by molar-refractivity contribution is 5.94. The van der Waals surface area contributed by atoms with Gasteiger partial charge in [-0.05, 0) is 19.2 Å². The van der Waals surface area contributed by atoms with Crippen LogP contribution < -0.4 is 0 Å². The Labute approximate surface area is 149 Å². The van der Waals surface area contributed by atoms with Crippen LogP contribution in [0.1, 0.15) is 11.3 Å². The first-order valence-corrected chi connectivity index (χ1v) is 8.06. The number of benzene rings is 1. The number of amides is 1. The Bertz CT molecular complexity index is 841. The number of halogens is 3. The van der Waals surface area contributed by atoms with Gasteiger partial charge in [-0.3, -0.25) is 4.79 Å². The van der Waals surface area contributed by atoms with Crippen LogP contribution in [0, 0.1) is 11.8 Å². The molecule has 1 aliphatic heterocycles. The first-order valence-electron chi connectivity index (χ1n) is 8.06. The molecule has 136 valence electrons. The molecule has 5 nitrogen and oxygen atoms in total. The monoisotopic (exact) mass is 362 g/mol. The van der Waals surface area contributed by atoms with Crippen LogP contribution >= 0.6 is 0 Å². The average Bonchev–Trinajstić information content (AvgIpc) is 3.06. The van der Waals surface area contributed by atoms with E-state index in [4.69, 9.17) is 0 Å². The smallest absolute Gasteiger partial charge is 0.329 e. The molecule has 0 spiro atoms. The molecular weight excluding hydrogens is 345 g/mol. The number of nitrogens with zero attached hydrogens (tertiary/aromatic N) is 4. The molecule has 1 aliphatic rings. The third-order valence-corrected chi connectivity index (χ3v) is 4.10. The van der Waals surface area contributed by atoms with Crippen molar-refractivity contribution in [3.8, 4) is 17.5 Å². The Morgan fingerprint density at radius 2 is 1.77 bits per heavy atom. The number of piperazine rings is 1. The second-order valence-electron chi connectivity index (χ2n) is 6.01. The number of likely N-dealkylation sites (N-methyl/N-ethyl adjacent to an activating group) is 1. The molecular formula is C18H17F3N4O. The van der Waals surface area contributed by atoms with Gasteiger partial charge in [0.1, 0.15) is 0 Å². The molecule has 26 heavy (non-hydrogen) atoms. The summed E-state index contributed by atoms with van der Waals surface area (Å²) in [4.78, 5) is 15.8. The molecule has 2 heterocycles. The molecule has 0 saturated carbocycles. The number of aromatic nitrogens is 2. The largest absolute Gasteiger partial charge is 0.436 e. The summed E-state index contributed by atoms with van der Waals surface area (Å²) in [6.45, 7) is 2.46. The molecule has 0 N–H and O–H groups in total. The lowest BCUT2D eigenvalue weighted by atomic mass is 10.2. The fraction of sp³-hybridized carbons (Fsp3) is 0.333. The van der Waals surface area contributed by atoms with Crippen LogP contribution in [0.2, 0.25) is 0 Å². The van der Waals surface area contributed by atoms with E-state index in [2.05, 4.69) is 21.8 Å². The number of alkyl halides is 3. The minimum atomic E-state index is -4.65. The zero-order valence-electron chi connectivity index (χ0n) is 14.1. The number of carbonyl (C=O) groups excluding carboxylic acids is 1. The van der Waals surface area contributed by atoms with Gasteiger partial charge in [0.05, 0.1) is 11.3 Å². The Kier molecular flexibility index (Phi) is 5.00.